The number of nitrogens with zero attached hydrogens (tertiary/aromatic N) is 1. The molecule has 4 nitrogen and oxygen atoms in total. The fraction of sp³-hybridized carbons (Fsp3) is 0.538. The van der Waals surface area contributed by atoms with Crippen molar-refractivity contribution in [2.24, 2.45) is 5.92 Å². The summed E-state index contributed by atoms with van der Waals surface area (Å²) >= 11 is 0. The van der Waals surface area contributed by atoms with Crippen LogP contribution in [0.5, 0.6) is 0 Å². The topological polar surface area (TPSA) is 57.6 Å². The molecular formula is C13H18FNO3S. The Morgan fingerprint density at radius 3 is 2.63 bits per heavy atom. The molecule has 1 aliphatic rings. The van der Waals surface area contributed by atoms with Gasteiger partial charge >= 0.3 is 0 Å². The first kappa shape index (κ1) is 14.4. The van der Waals surface area contributed by atoms with Gasteiger partial charge in [0.05, 0.1) is 11.5 Å². The molecule has 2 unspecified atom stereocenters. The summed E-state index contributed by atoms with van der Waals surface area (Å²) in [6.07, 6.45) is 0.827. The molecule has 1 fully saturated rings. The Morgan fingerprint density at radius 1 is 1.42 bits per heavy atom. The molecule has 1 saturated heterocycles. The van der Waals surface area contributed by atoms with Crippen molar-refractivity contribution in [3.05, 3.63) is 29.6 Å². The molecule has 2 rings (SSSR count). The van der Waals surface area contributed by atoms with Gasteiger partial charge in [0.1, 0.15) is 5.82 Å². The Kier molecular flexibility index (Phi) is 3.94. The Balaban J connectivity index is 2.40. The molecule has 2 atom stereocenters. The Hall–Kier alpha value is -0.980. The van der Waals surface area contributed by atoms with Crippen LogP contribution in [0.3, 0.4) is 0 Å². The van der Waals surface area contributed by atoms with Gasteiger partial charge in [-0.1, -0.05) is 6.92 Å². The van der Waals surface area contributed by atoms with E-state index in [9.17, 15) is 12.8 Å². The molecule has 106 valence electrons. The molecule has 0 aromatic heterocycles. The third kappa shape index (κ3) is 2.66. The van der Waals surface area contributed by atoms with Crippen molar-refractivity contribution in [3.8, 4) is 0 Å². The molecule has 1 aromatic carbocycles. The summed E-state index contributed by atoms with van der Waals surface area (Å²) in [7, 11) is -3.61. The van der Waals surface area contributed by atoms with E-state index in [0.717, 1.165) is 12.5 Å². The van der Waals surface area contributed by atoms with Crippen LogP contribution in [0, 0.1) is 11.7 Å². The molecule has 1 aromatic rings. The lowest BCUT2D eigenvalue weighted by molar-refractivity contribution is 0.275. The van der Waals surface area contributed by atoms with Crippen LogP contribution >= 0.6 is 0 Å². The predicted molar refractivity (Wildman–Crippen MR) is 69.5 cm³/mol. The van der Waals surface area contributed by atoms with Gasteiger partial charge in [0, 0.05) is 18.2 Å². The lowest BCUT2D eigenvalue weighted by atomic mass is 10.1. The molecule has 0 saturated carbocycles. The molecule has 1 aliphatic heterocycles. The summed E-state index contributed by atoms with van der Waals surface area (Å²) < 4.78 is 39.7. The van der Waals surface area contributed by atoms with Crippen molar-refractivity contribution in [2.75, 3.05) is 6.54 Å². The molecule has 6 heteroatoms. The minimum absolute atomic E-state index is 0.000901. The van der Waals surface area contributed by atoms with E-state index in [4.69, 9.17) is 5.11 Å². The highest BCUT2D eigenvalue weighted by Crippen LogP contribution is 2.29. The van der Waals surface area contributed by atoms with Crippen LogP contribution in [0.25, 0.3) is 0 Å². The number of hydrogen-bond donors (Lipinski definition) is 1. The smallest absolute Gasteiger partial charge is 0.243 e. The number of benzene rings is 1. The Morgan fingerprint density at radius 2 is 2.11 bits per heavy atom. The third-order valence-electron chi connectivity index (χ3n) is 3.52. The predicted octanol–water partition coefficient (Wildman–Crippen LogP) is 1.74. The average Bonchev–Trinajstić information content (AvgIpc) is 2.69. The van der Waals surface area contributed by atoms with Crippen LogP contribution in [0.1, 0.15) is 25.8 Å². The summed E-state index contributed by atoms with van der Waals surface area (Å²) in [6, 6.07) is 3.49. The first-order chi connectivity index (χ1) is 8.86. The van der Waals surface area contributed by atoms with Crippen molar-refractivity contribution in [1.82, 2.24) is 4.31 Å². The van der Waals surface area contributed by atoms with E-state index in [1.54, 1.807) is 0 Å². The van der Waals surface area contributed by atoms with E-state index in [1.165, 1.54) is 16.4 Å². The molecule has 0 aliphatic carbocycles. The largest absolute Gasteiger partial charge is 0.392 e. The van der Waals surface area contributed by atoms with E-state index in [-0.39, 0.29) is 16.5 Å². The van der Waals surface area contributed by atoms with Gasteiger partial charge in [0.25, 0.3) is 0 Å². The summed E-state index contributed by atoms with van der Waals surface area (Å²) in [5, 5.41) is 9.02. The van der Waals surface area contributed by atoms with Crippen LogP contribution in [0.4, 0.5) is 4.39 Å². The third-order valence-corrected chi connectivity index (χ3v) is 5.50. The zero-order chi connectivity index (χ0) is 14.2. The van der Waals surface area contributed by atoms with Gasteiger partial charge < -0.3 is 5.11 Å². The van der Waals surface area contributed by atoms with Crippen LogP contribution in [0.15, 0.2) is 23.1 Å². The van der Waals surface area contributed by atoms with Gasteiger partial charge in [-0.05, 0) is 37.5 Å². The number of sulfonamides is 1. The molecule has 1 N–H and O–H groups in total. The molecule has 0 bridgehead atoms. The second-order valence-electron chi connectivity index (χ2n) is 5.18. The zero-order valence-electron chi connectivity index (χ0n) is 11.0. The van der Waals surface area contributed by atoms with Crippen molar-refractivity contribution in [3.63, 3.8) is 0 Å². The van der Waals surface area contributed by atoms with Crippen LogP contribution < -0.4 is 0 Å². The van der Waals surface area contributed by atoms with Crippen molar-refractivity contribution in [2.45, 2.75) is 37.8 Å². The van der Waals surface area contributed by atoms with Crippen LogP contribution in [0.2, 0.25) is 0 Å². The van der Waals surface area contributed by atoms with Crippen molar-refractivity contribution < 1.29 is 17.9 Å². The van der Waals surface area contributed by atoms with E-state index < -0.39 is 22.4 Å². The van der Waals surface area contributed by atoms with E-state index in [0.29, 0.717) is 12.5 Å². The van der Waals surface area contributed by atoms with Crippen molar-refractivity contribution in [1.29, 1.82) is 0 Å². The van der Waals surface area contributed by atoms with Gasteiger partial charge in [0.15, 0.2) is 0 Å². The van der Waals surface area contributed by atoms with E-state index in [2.05, 4.69) is 0 Å². The SMILES string of the molecule is CC1CC(C)N(S(=O)(=O)c2ccc(F)c(CO)c2)C1. The normalized spacial score (nSPS) is 24.8. The fourth-order valence-electron chi connectivity index (χ4n) is 2.56. The Bertz CT molecular complexity index is 573. The second-order valence-corrected chi connectivity index (χ2v) is 7.07. The van der Waals surface area contributed by atoms with Crippen molar-refractivity contribution >= 4 is 10.0 Å². The maximum absolute atomic E-state index is 13.3. The summed E-state index contributed by atoms with van der Waals surface area (Å²) in [4.78, 5) is 0.0406. The average molecular weight is 287 g/mol. The van der Waals surface area contributed by atoms with Gasteiger partial charge in [-0.25, -0.2) is 12.8 Å². The molecule has 0 spiro atoms. The number of hydrogen-bond acceptors (Lipinski definition) is 3. The van der Waals surface area contributed by atoms with Crippen LogP contribution in [-0.4, -0.2) is 30.4 Å². The number of aliphatic hydroxyl groups is 1. The van der Waals surface area contributed by atoms with Gasteiger partial charge in [0.2, 0.25) is 10.0 Å². The minimum atomic E-state index is -3.61. The van der Waals surface area contributed by atoms with Gasteiger partial charge in [-0.2, -0.15) is 4.31 Å². The lowest BCUT2D eigenvalue weighted by Gasteiger charge is -2.21. The molecule has 0 amide bonds. The first-order valence-electron chi connectivity index (χ1n) is 6.27. The minimum Gasteiger partial charge on any atom is -0.392 e. The maximum Gasteiger partial charge on any atom is 0.243 e. The Labute approximate surface area is 112 Å². The maximum atomic E-state index is 13.3. The quantitative estimate of drug-likeness (QED) is 0.921. The highest BCUT2D eigenvalue weighted by Gasteiger charge is 2.36. The second kappa shape index (κ2) is 5.19. The number of rotatable bonds is 3. The summed E-state index contributed by atoms with van der Waals surface area (Å²) in [6.45, 7) is 3.85. The van der Waals surface area contributed by atoms with Crippen LogP contribution in [-0.2, 0) is 16.6 Å². The van der Waals surface area contributed by atoms with Gasteiger partial charge in [-0.3, -0.25) is 0 Å². The standard InChI is InChI=1S/C13H18FNO3S/c1-9-5-10(2)15(7-9)19(17,18)12-3-4-13(14)11(6-12)8-16/h3-4,6,9-10,16H,5,7-8H2,1-2H3. The molecular weight excluding hydrogens is 269 g/mol. The molecule has 1 heterocycles. The number of halogens is 1. The zero-order valence-corrected chi connectivity index (χ0v) is 11.8. The van der Waals surface area contributed by atoms with E-state index in [1.807, 2.05) is 13.8 Å². The first-order valence-corrected chi connectivity index (χ1v) is 7.71. The lowest BCUT2D eigenvalue weighted by Crippen LogP contribution is -2.34. The van der Waals surface area contributed by atoms with E-state index >= 15 is 0 Å². The molecule has 19 heavy (non-hydrogen) atoms. The molecule has 0 radical (unpaired) electrons. The fourth-order valence-corrected chi connectivity index (χ4v) is 4.38. The number of aliphatic hydroxyl groups excluding tert-OH is 1. The highest BCUT2D eigenvalue weighted by atomic mass is 32.2. The summed E-state index contributed by atoms with van der Waals surface area (Å²) in [5.41, 5.74) is 0.000901. The monoisotopic (exact) mass is 287 g/mol. The highest BCUT2D eigenvalue weighted by molar-refractivity contribution is 7.89. The summed E-state index contributed by atoms with van der Waals surface area (Å²) in [5.74, 6) is -0.271. The van der Waals surface area contributed by atoms with Gasteiger partial charge in [-0.15, -0.1) is 0 Å².